The molecule has 13 heavy (non-hydrogen) atoms. The largest absolute Gasteiger partial charge is 0.309 e. The minimum absolute atomic E-state index is 0.691. The molecular formula is C11H21NO. The van der Waals surface area contributed by atoms with E-state index in [1.165, 1.54) is 32.2 Å². The van der Waals surface area contributed by atoms with Crippen molar-refractivity contribution in [2.45, 2.75) is 32.1 Å². The first kappa shape index (κ1) is 10.7. The van der Waals surface area contributed by atoms with Crippen LogP contribution in [0.4, 0.5) is 0 Å². The Morgan fingerprint density at radius 2 is 1.69 bits per heavy atom. The molecular weight excluding hydrogens is 162 g/mol. The summed E-state index contributed by atoms with van der Waals surface area (Å²) in [4.78, 5) is 12.6. The predicted octanol–water partition coefficient (Wildman–Crippen LogP) is 1.94. The Bertz CT molecular complexity index is 148. The van der Waals surface area contributed by atoms with Gasteiger partial charge in [0, 0.05) is 13.0 Å². The van der Waals surface area contributed by atoms with Crippen molar-refractivity contribution in [2.24, 2.45) is 11.8 Å². The molecule has 1 saturated carbocycles. The zero-order valence-electron chi connectivity index (χ0n) is 8.83. The maximum atomic E-state index is 10.3. The normalized spacial score (nSPS) is 29.2. The fourth-order valence-electron chi connectivity index (χ4n) is 2.30. The second-order valence-corrected chi connectivity index (χ2v) is 4.55. The van der Waals surface area contributed by atoms with Gasteiger partial charge in [-0.05, 0) is 51.6 Å². The van der Waals surface area contributed by atoms with Gasteiger partial charge in [0.25, 0.3) is 0 Å². The van der Waals surface area contributed by atoms with Crippen molar-refractivity contribution in [3.63, 3.8) is 0 Å². The number of hydrogen-bond acceptors (Lipinski definition) is 2. The van der Waals surface area contributed by atoms with Gasteiger partial charge in [-0.1, -0.05) is 0 Å². The highest BCUT2D eigenvalue weighted by molar-refractivity contribution is 5.49. The first-order valence-corrected chi connectivity index (χ1v) is 5.30. The standard InChI is InChI=1S/C11H21NO/c1-12(2)9-11-5-3-10(4-6-11)7-8-13/h8,10-11H,3-7,9H2,1-2H3. The predicted molar refractivity (Wildman–Crippen MR) is 54.7 cm³/mol. The summed E-state index contributed by atoms with van der Waals surface area (Å²) in [5.41, 5.74) is 0. The molecule has 0 aromatic rings. The molecule has 1 fully saturated rings. The van der Waals surface area contributed by atoms with Crippen LogP contribution in [0.1, 0.15) is 32.1 Å². The molecule has 2 heteroatoms. The molecule has 0 amide bonds. The van der Waals surface area contributed by atoms with Gasteiger partial charge in [0.1, 0.15) is 6.29 Å². The Kier molecular flexibility index (Phi) is 4.43. The van der Waals surface area contributed by atoms with Gasteiger partial charge in [-0.3, -0.25) is 0 Å². The lowest BCUT2D eigenvalue weighted by Gasteiger charge is -2.29. The summed E-state index contributed by atoms with van der Waals surface area (Å²) < 4.78 is 0. The quantitative estimate of drug-likeness (QED) is 0.621. The van der Waals surface area contributed by atoms with Crippen LogP contribution in [0.3, 0.4) is 0 Å². The van der Waals surface area contributed by atoms with Crippen molar-refractivity contribution >= 4 is 6.29 Å². The smallest absolute Gasteiger partial charge is 0.120 e. The van der Waals surface area contributed by atoms with E-state index in [-0.39, 0.29) is 0 Å². The molecule has 1 aliphatic carbocycles. The Morgan fingerprint density at radius 3 is 2.15 bits per heavy atom. The highest BCUT2D eigenvalue weighted by Crippen LogP contribution is 2.30. The number of carbonyl (C=O) groups is 1. The molecule has 0 aromatic heterocycles. The van der Waals surface area contributed by atoms with E-state index in [9.17, 15) is 4.79 Å². The molecule has 0 atom stereocenters. The van der Waals surface area contributed by atoms with Crippen LogP contribution in [-0.2, 0) is 4.79 Å². The molecule has 0 spiro atoms. The first-order chi connectivity index (χ1) is 6.22. The van der Waals surface area contributed by atoms with Crippen LogP contribution in [0.5, 0.6) is 0 Å². The number of aldehydes is 1. The molecule has 0 aliphatic heterocycles. The molecule has 0 aromatic carbocycles. The van der Waals surface area contributed by atoms with Gasteiger partial charge >= 0.3 is 0 Å². The summed E-state index contributed by atoms with van der Waals surface area (Å²) >= 11 is 0. The molecule has 0 radical (unpaired) electrons. The van der Waals surface area contributed by atoms with Gasteiger partial charge in [0.15, 0.2) is 0 Å². The molecule has 0 heterocycles. The maximum absolute atomic E-state index is 10.3. The van der Waals surface area contributed by atoms with Gasteiger partial charge in [-0.2, -0.15) is 0 Å². The van der Waals surface area contributed by atoms with E-state index in [0.717, 1.165) is 18.6 Å². The molecule has 0 bridgehead atoms. The molecule has 0 saturated heterocycles. The average molecular weight is 183 g/mol. The van der Waals surface area contributed by atoms with Crippen molar-refractivity contribution in [2.75, 3.05) is 20.6 Å². The van der Waals surface area contributed by atoms with E-state index in [2.05, 4.69) is 19.0 Å². The lowest BCUT2D eigenvalue weighted by molar-refractivity contribution is -0.108. The van der Waals surface area contributed by atoms with Crippen molar-refractivity contribution in [3.05, 3.63) is 0 Å². The van der Waals surface area contributed by atoms with Crippen molar-refractivity contribution < 1.29 is 4.79 Å². The average Bonchev–Trinajstić information content (AvgIpc) is 2.08. The van der Waals surface area contributed by atoms with Crippen molar-refractivity contribution in [3.8, 4) is 0 Å². The van der Waals surface area contributed by atoms with Crippen LogP contribution in [-0.4, -0.2) is 31.8 Å². The van der Waals surface area contributed by atoms with Crippen LogP contribution in [0.2, 0.25) is 0 Å². The summed E-state index contributed by atoms with van der Waals surface area (Å²) in [5.74, 6) is 1.56. The van der Waals surface area contributed by atoms with Gasteiger partial charge in [-0.25, -0.2) is 0 Å². The van der Waals surface area contributed by atoms with Gasteiger partial charge in [-0.15, -0.1) is 0 Å². The first-order valence-electron chi connectivity index (χ1n) is 5.30. The minimum Gasteiger partial charge on any atom is -0.309 e. The van der Waals surface area contributed by atoms with E-state index in [0.29, 0.717) is 5.92 Å². The van der Waals surface area contributed by atoms with Crippen LogP contribution in [0.25, 0.3) is 0 Å². The second kappa shape index (κ2) is 5.38. The summed E-state index contributed by atoms with van der Waals surface area (Å²) in [6.07, 6.45) is 7.02. The fourth-order valence-corrected chi connectivity index (χ4v) is 2.30. The molecule has 1 aliphatic rings. The van der Waals surface area contributed by atoms with Crippen LogP contribution in [0.15, 0.2) is 0 Å². The monoisotopic (exact) mass is 183 g/mol. The highest BCUT2D eigenvalue weighted by atomic mass is 16.1. The van der Waals surface area contributed by atoms with Gasteiger partial charge in [0.05, 0.1) is 0 Å². The third kappa shape index (κ3) is 3.90. The summed E-state index contributed by atoms with van der Waals surface area (Å²) in [6.45, 7) is 1.22. The van der Waals surface area contributed by atoms with Gasteiger partial charge < -0.3 is 9.69 Å². The number of nitrogens with zero attached hydrogens (tertiary/aromatic N) is 1. The number of hydrogen-bond donors (Lipinski definition) is 0. The third-order valence-corrected chi connectivity index (χ3v) is 3.02. The molecule has 1 rings (SSSR count). The zero-order valence-corrected chi connectivity index (χ0v) is 8.83. The van der Waals surface area contributed by atoms with E-state index < -0.39 is 0 Å². The zero-order chi connectivity index (χ0) is 9.68. The highest BCUT2D eigenvalue weighted by Gasteiger charge is 2.20. The summed E-state index contributed by atoms with van der Waals surface area (Å²) in [7, 11) is 4.27. The fraction of sp³-hybridized carbons (Fsp3) is 0.909. The van der Waals surface area contributed by atoms with E-state index in [4.69, 9.17) is 0 Å². The second-order valence-electron chi connectivity index (χ2n) is 4.55. The minimum atomic E-state index is 0.691. The van der Waals surface area contributed by atoms with Crippen molar-refractivity contribution in [1.29, 1.82) is 0 Å². The molecule has 0 unspecified atom stereocenters. The third-order valence-electron chi connectivity index (χ3n) is 3.02. The van der Waals surface area contributed by atoms with Crippen LogP contribution in [0, 0.1) is 11.8 Å². The topological polar surface area (TPSA) is 20.3 Å². The molecule has 76 valence electrons. The Labute approximate surface area is 81.3 Å². The Balaban J connectivity index is 2.18. The lowest BCUT2D eigenvalue weighted by Crippen LogP contribution is -2.25. The maximum Gasteiger partial charge on any atom is 0.120 e. The van der Waals surface area contributed by atoms with E-state index >= 15 is 0 Å². The van der Waals surface area contributed by atoms with Gasteiger partial charge in [0.2, 0.25) is 0 Å². The summed E-state index contributed by atoms with van der Waals surface area (Å²) in [6, 6.07) is 0. The number of carbonyl (C=O) groups excluding carboxylic acids is 1. The Morgan fingerprint density at radius 1 is 1.15 bits per heavy atom. The van der Waals surface area contributed by atoms with Crippen molar-refractivity contribution in [1.82, 2.24) is 4.90 Å². The molecule has 2 nitrogen and oxygen atoms in total. The van der Waals surface area contributed by atoms with Crippen LogP contribution >= 0.6 is 0 Å². The van der Waals surface area contributed by atoms with E-state index in [1.807, 2.05) is 0 Å². The lowest BCUT2D eigenvalue weighted by atomic mass is 9.80. The molecule has 0 N–H and O–H groups in total. The number of rotatable bonds is 4. The Hall–Kier alpha value is -0.370. The van der Waals surface area contributed by atoms with E-state index in [1.54, 1.807) is 0 Å². The summed E-state index contributed by atoms with van der Waals surface area (Å²) in [5, 5.41) is 0. The van der Waals surface area contributed by atoms with Crippen LogP contribution < -0.4 is 0 Å². The SMILES string of the molecule is CN(C)CC1CCC(CC=O)CC1.